The maximum absolute atomic E-state index is 13.2. The molecule has 8 heteroatoms. The lowest BCUT2D eigenvalue weighted by molar-refractivity contribution is 0.0738. The molecule has 0 saturated carbocycles. The van der Waals surface area contributed by atoms with E-state index >= 15 is 0 Å². The highest BCUT2D eigenvalue weighted by Gasteiger charge is 2.34. The molecule has 3 heterocycles. The number of nitrogens with zero attached hydrogens (tertiary/aromatic N) is 3. The van der Waals surface area contributed by atoms with Crippen molar-refractivity contribution in [1.29, 1.82) is 0 Å². The third-order valence-corrected chi connectivity index (χ3v) is 6.53. The highest BCUT2D eigenvalue weighted by atomic mass is 32.2. The third-order valence-electron chi connectivity index (χ3n) is 4.78. The minimum absolute atomic E-state index is 0.000243. The third kappa shape index (κ3) is 3.40. The lowest BCUT2D eigenvalue weighted by atomic mass is 10.2. The van der Waals surface area contributed by atoms with Crippen molar-refractivity contribution in [1.82, 2.24) is 14.7 Å². The van der Waals surface area contributed by atoms with E-state index in [1.807, 2.05) is 30.3 Å². The number of carbonyl (C=O) groups excluding carboxylic acids is 1. The van der Waals surface area contributed by atoms with E-state index in [9.17, 15) is 13.2 Å². The molecule has 3 aromatic rings. The van der Waals surface area contributed by atoms with E-state index in [0.717, 1.165) is 5.69 Å². The molecule has 1 saturated heterocycles. The van der Waals surface area contributed by atoms with Crippen LogP contribution in [0.1, 0.15) is 16.9 Å². The predicted octanol–water partition coefficient (Wildman–Crippen LogP) is 2.39. The Bertz CT molecular complexity index is 1060. The van der Waals surface area contributed by atoms with E-state index in [1.165, 1.54) is 4.90 Å². The lowest BCUT2D eigenvalue weighted by Crippen LogP contribution is -2.38. The summed E-state index contributed by atoms with van der Waals surface area (Å²) in [5.41, 5.74) is 1.64. The van der Waals surface area contributed by atoms with Crippen LogP contribution in [-0.2, 0) is 9.84 Å². The number of furan rings is 1. The van der Waals surface area contributed by atoms with Crippen LogP contribution in [0, 0.1) is 0 Å². The molecule has 27 heavy (non-hydrogen) atoms. The number of amides is 1. The van der Waals surface area contributed by atoms with Crippen molar-refractivity contribution in [3.63, 3.8) is 0 Å². The summed E-state index contributed by atoms with van der Waals surface area (Å²) in [5.74, 6) is 0.404. The van der Waals surface area contributed by atoms with Crippen molar-refractivity contribution in [2.45, 2.75) is 12.5 Å². The number of para-hydroxylation sites is 1. The van der Waals surface area contributed by atoms with Crippen LogP contribution in [0.3, 0.4) is 0 Å². The Hall–Kier alpha value is -2.87. The first-order chi connectivity index (χ1) is 12.9. The molecule has 0 spiro atoms. The van der Waals surface area contributed by atoms with Crippen LogP contribution in [0.5, 0.6) is 0 Å². The van der Waals surface area contributed by atoms with Gasteiger partial charge in [0.1, 0.15) is 11.4 Å². The highest BCUT2D eigenvalue weighted by Crippen LogP contribution is 2.25. The van der Waals surface area contributed by atoms with Crippen molar-refractivity contribution in [3.05, 3.63) is 60.5 Å². The second-order valence-electron chi connectivity index (χ2n) is 6.61. The summed E-state index contributed by atoms with van der Waals surface area (Å²) in [5, 5.41) is 4.54. The normalized spacial score (nSPS) is 18.5. The second-order valence-corrected chi connectivity index (χ2v) is 8.84. The molecule has 140 valence electrons. The van der Waals surface area contributed by atoms with Crippen LogP contribution >= 0.6 is 0 Å². The topological polar surface area (TPSA) is 85.4 Å². The van der Waals surface area contributed by atoms with Gasteiger partial charge < -0.3 is 9.32 Å². The summed E-state index contributed by atoms with van der Waals surface area (Å²) >= 11 is 0. The number of benzene rings is 1. The zero-order valence-corrected chi connectivity index (χ0v) is 15.6. The Kier molecular flexibility index (Phi) is 4.35. The van der Waals surface area contributed by atoms with Gasteiger partial charge in [0.05, 0.1) is 23.5 Å². The minimum Gasteiger partial charge on any atom is -0.463 e. The zero-order valence-electron chi connectivity index (χ0n) is 14.8. The predicted molar refractivity (Wildman–Crippen MR) is 100 cm³/mol. The van der Waals surface area contributed by atoms with Crippen molar-refractivity contribution >= 4 is 15.7 Å². The maximum atomic E-state index is 13.2. The summed E-state index contributed by atoms with van der Waals surface area (Å²) < 4.78 is 30.5. The van der Waals surface area contributed by atoms with E-state index in [4.69, 9.17) is 4.42 Å². The fourth-order valence-corrected chi connectivity index (χ4v) is 5.05. The van der Waals surface area contributed by atoms with Gasteiger partial charge in [0.25, 0.3) is 5.91 Å². The van der Waals surface area contributed by atoms with Crippen LogP contribution in [0.25, 0.3) is 17.1 Å². The summed E-state index contributed by atoms with van der Waals surface area (Å²) in [6, 6.07) is 14.2. The van der Waals surface area contributed by atoms with Gasteiger partial charge in [-0.05, 0) is 30.7 Å². The molecule has 4 rings (SSSR count). The highest BCUT2D eigenvalue weighted by molar-refractivity contribution is 7.91. The van der Waals surface area contributed by atoms with E-state index in [1.54, 1.807) is 36.2 Å². The molecule has 1 aliphatic heterocycles. The van der Waals surface area contributed by atoms with Gasteiger partial charge >= 0.3 is 0 Å². The fraction of sp³-hybridized carbons (Fsp3) is 0.263. The van der Waals surface area contributed by atoms with Crippen LogP contribution < -0.4 is 0 Å². The molecule has 0 unspecified atom stereocenters. The SMILES string of the molecule is CN(C(=O)c1cc(-c2ccco2)nn1-c1ccccc1)[C@H]1CCS(=O)(=O)C1. The first-order valence-corrected chi connectivity index (χ1v) is 10.4. The van der Waals surface area contributed by atoms with Gasteiger partial charge in [-0.3, -0.25) is 4.79 Å². The standard InChI is InChI=1S/C19H19N3O4S/c1-21(15-9-11-27(24,25)13-15)19(23)17-12-16(18-8-5-10-26-18)20-22(17)14-6-3-2-4-7-14/h2-8,10,12,15H,9,11,13H2,1H3/t15-/m0/s1. The number of carbonyl (C=O) groups is 1. The fourth-order valence-electron chi connectivity index (χ4n) is 3.27. The summed E-state index contributed by atoms with van der Waals surface area (Å²) in [6.07, 6.45) is 2.00. The summed E-state index contributed by atoms with van der Waals surface area (Å²) in [7, 11) is -1.44. The lowest BCUT2D eigenvalue weighted by Gasteiger charge is -2.23. The van der Waals surface area contributed by atoms with E-state index in [2.05, 4.69) is 5.10 Å². The van der Waals surface area contributed by atoms with Crippen LogP contribution in [0.2, 0.25) is 0 Å². The maximum Gasteiger partial charge on any atom is 0.272 e. The van der Waals surface area contributed by atoms with E-state index in [0.29, 0.717) is 23.6 Å². The molecule has 1 fully saturated rings. The van der Waals surface area contributed by atoms with Gasteiger partial charge in [-0.2, -0.15) is 5.10 Å². The van der Waals surface area contributed by atoms with Gasteiger partial charge in [0, 0.05) is 19.2 Å². The van der Waals surface area contributed by atoms with Crippen molar-refractivity contribution in [2.75, 3.05) is 18.6 Å². The first kappa shape index (κ1) is 17.5. The zero-order chi connectivity index (χ0) is 19.0. The van der Waals surface area contributed by atoms with Crippen molar-refractivity contribution < 1.29 is 17.6 Å². The Morgan fingerprint density at radius 1 is 1.22 bits per heavy atom. The quantitative estimate of drug-likeness (QED) is 0.688. The van der Waals surface area contributed by atoms with Crippen LogP contribution in [0.4, 0.5) is 0 Å². The molecule has 1 aromatic carbocycles. The Balaban J connectivity index is 1.73. The molecule has 0 radical (unpaired) electrons. The monoisotopic (exact) mass is 385 g/mol. The second kappa shape index (κ2) is 6.70. The molecule has 1 aliphatic rings. The number of hydrogen-bond acceptors (Lipinski definition) is 5. The van der Waals surface area contributed by atoms with E-state index in [-0.39, 0.29) is 23.5 Å². The molecule has 2 aromatic heterocycles. The van der Waals surface area contributed by atoms with Crippen molar-refractivity contribution in [2.24, 2.45) is 0 Å². The number of aromatic nitrogens is 2. The van der Waals surface area contributed by atoms with Crippen molar-refractivity contribution in [3.8, 4) is 17.1 Å². The largest absolute Gasteiger partial charge is 0.463 e. The van der Waals surface area contributed by atoms with E-state index < -0.39 is 9.84 Å². The molecular formula is C19H19N3O4S. The van der Waals surface area contributed by atoms with Gasteiger partial charge in [0.15, 0.2) is 15.6 Å². The first-order valence-electron chi connectivity index (χ1n) is 8.61. The molecule has 1 atom stereocenters. The molecule has 0 N–H and O–H groups in total. The summed E-state index contributed by atoms with van der Waals surface area (Å²) in [6.45, 7) is 0. The average molecular weight is 385 g/mol. The minimum atomic E-state index is -3.08. The van der Waals surface area contributed by atoms with Gasteiger partial charge in [-0.25, -0.2) is 13.1 Å². The van der Waals surface area contributed by atoms with Gasteiger partial charge in [-0.1, -0.05) is 18.2 Å². The van der Waals surface area contributed by atoms with Gasteiger partial charge in [-0.15, -0.1) is 0 Å². The van der Waals surface area contributed by atoms with Gasteiger partial charge in [0.2, 0.25) is 0 Å². The molecule has 7 nitrogen and oxygen atoms in total. The number of hydrogen-bond donors (Lipinski definition) is 0. The Morgan fingerprint density at radius 3 is 2.63 bits per heavy atom. The number of sulfone groups is 1. The Morgan fingerprint density at radius 2 is 2.00 bits per heavy atom. The van der Waals surface area contributed by atoms with Crippen LogP contribution in [0.15, 0.2) is 59.2 Å². The molecule has 0 aliphatic carbocycles. The Labute approximate surface area is 157 Å². The number of rotatable bonds is 4. The molecular weight excluding hydrogens is 366 g/mol. The van der Waals surface area contributed by atoms with Crippen LogP contribution in [-0.4, -0.2) is 53.6 Å². The molecule has 0 bridgehead atoms. The summed E-state index contributed by atoms with van der Waals surface area (Å²) in [4.78, 5) is 14.7. The average Bonchev–Trinajstić information content (AvgIpc) is 3.40. The smallest absolute Gasteiger partial charge is 0.272 e. The molecule has 1 amide bonds.